The molecule has 0 aliphatic rings. The van der Waals surface area contributed by atoms with E-state index >= 15 is 0 Å². The van der Waals surface area contributed by atoms with Gasteiger partial charge in [0.05, 0.1) is 0 Å². The summed E-state index contributed by atoms with van der Waals surface area (Å²) in [5.41, 5.74) is 3.93. The van der Waals surface area contributed by atoms with Gasteiger partial charge in [0.2, 0.25) is 0 Å². The minimum absolute atomic E-state index is 0.989. The Bertz CT molecular complexity index is 1350. The average Bonchev–Trinajstić information content (AvgIpc) is 2.97. The van der Waals surface area contributed by atoms with Crippen molar-refractivity contribution in [2.75, 3.05) is 0 Å². The zero-order valence-electron chi connectivity index (χ0n) is 24.3. The van der Waals surface area contributed by atoms with Gasteiger partial charge >= 0.3 is 0 Å². The Morgan fingerprint density at radius 2 is 1.19 bits per heavy atom. The van der Waals surface area contributed by atoms with Crippen molar-refractivity contribution in [2.45, 2.75) is 61.8 Å². The second-order valence-electron chi connectivity index (χ2n) is 7.98. The van der Waals surface area contributed by atoms with E-state index in [-0.39, 0.29) is 0 Å². The number of hydrogen-bond donors (Lipinski definition) is 0. The van der Waals surface area contributed by atoms with Crippen molar-refractivity contribution in [1.29, 1.82) is 0 Å². The molecule has 0 saturated carbocycles. The van der Waals surface area contributed by atoms with Crippen LogP contribution in [0.1, 0.15) is 59.6 Å². The quantitative estimate of drug-likeness (QED) is 0.173. The molecule has 0 aromatic heterocycles. The lowest BCUT2D eigenvalue weighted by atomic mass is 9.92. The highest BCUT2D eigenvalue weighted by Crippen LogP contribution is 2.35. The van der Waals surface area contributed by atoms with Gasteiger partial charge in [0.25, 0.3) is 0 Å². The van der Waals surface area contributed by atoms with Gasteiger partial charge in [0.15, 0.2) is 0 Å². The molecule has 0 spiro atoms. The molecule has 0 unspecified atom stereocenters. The van der Waals surface area contributed by atoms with Gasteiger partial charge < -0.3 is 0 Å². The lowest BCUT2D eigenvalue weighted by molar-refractivity contribution is 1.26. The van der Waals surface area contributed by atoms with Gasteiger partial charge in [-0.25, -0.2) is 0 Å². The van der Waals surface area contributed by atoms with E-state index < -0.39 is 0 Å². The number of aryl methyl sites for hydroxylation is 1. The molecule has 5 aromatic carbocycles. The van der Waals surface area contributed by atoms with E-state index in [9.17, 15) is 0 Å². The van der Waals surface area contributed by atoms with E-state index in [2.05, 4.69) is 111 Å². The molecule has 0 heteroatoms. The molecule has 0 fully saturated rings. The summed E-state index contributed by atoms with van der Waals surface area (Å²) >= 11 is 0. The Balaban J connectivity index is 0.000000313. The third kappa shape index (κ3) is 8.76. The Morgan fingerprint density at radius 3 is 1.78 bits per heavy atom. The molecule has 0 N–H and O–H groups in total. The standard InChI is InChI=1S/C17H12.C14H16.3C2H6/c1-11-5-6-14-8-7-12-3-2-4-13-9-10-15(11)17(14)16(12)13;1-3-8-13(2)9-7-12-14-10-5-4-6-11-14;3*1-2/h2-10H,1H3;3-11H,1,12H2,2H3;3*1-2H3/b;9-7-,13-8-;;;. The third-order valence-electron chi connectivity index (χ3n) is 5.70. The molecule has 0 bridgehead atoms. The molecular formula is C37H46. The predicted molar refractivity (Wildman–Crippen MR) is 172 cm³/mol. The Hall–Kier alpha value is -3.64. The van der Waals surface area contributed by atoms with Crippen LogP contribution in [0, 0.1) is 6.92 Å². The van der Waals surface area contributed by atoms with Gasteiger partial charge in [-0.3, -0.25) is 0 Å². The lowest BCUT2D eigenvalue weighted by Crippen LogP contribution is -1.85. The van der Waals surface area contributed by atoms with Crippen LogP contribution in [0.15, 0.2) is 121 Å². The van der Waals surface area contributed by atoms with E-state index in [1.807, 2.05) is 59.8 Å². The van der Waals surface area contributed by atoms with E-state index in [0.29, 0.717) is 0 Å². The highest BCUT2D eigenvalue weighted by atomic mass is 14.1. The second-order valence-corrected chi connectivity index (χ2v) is 7.98. The smallest absolute Gasteiger partial charge is 0.00241 e. The largest absolute Gasteiger partial charge is 0.0991 e. The van der Waals surface area contributed by atoms with Gasteiger partial charge in [0.1, 0.15) is 0 Å². The summed E-state index contributed by atoms with van der Waals surface area (Å²) in [7, 11) is 0. The average molecular weight is 491 g/mol. The van der Waals surface area contributed by atoms with Crippen LogP contribution in [0.2, 0.25) is 0 Å². The predicted octanol–water partition coefficient (Wildman–Crippen LogP) is 11.9. The maximum absolute atomic E-state index is 3.66. The van der Waals surface area contributed by atoms with Crippen LogP contribution in [0.3, 0.4) is 0 Å². The minimum Gasteiger partial charge on any atom is -0.0991 e. The highest BCUT2D eigenvalue weighted by Gasteiger charge is 2.08. The normalized spacial score (nSPS) is 10.4. The van der Waals surface area contributed by atoms with Crippen LogP contribution < -0.4 is 0 Å². The van der Waals surface area contributed by atoms with Gasteiger partial charge in [-0.05, 0) is 63.7 Å². The molecule has 0 saturated heterocycles. The van der Waals surface area contributed by atoms with Crippen molar-refractivity contribution >= 4 is 32.3 Å². The van der Waals surface area contributed by atoms with Crippen LogP contribution in [-0.4, -0.2) is 0 Å². The summed E-state index contributed by atoms with van der Waals surface area (Å²) in [5, 5.41) is 8.23. The summed E-state index contributed by atoms with van der Waals surface area (Å²) in [4.78, 5) is 0. The number of rotatable bonds is 4. The molecule has 0 amide bonds. The van der Waals surface area contributed by atoms with Crippen molar-refractivity contribution in [3.8, 4) is 0 Å². The fraction of sp³-hybridized carbons (Fsp3) is 0.243. The van der Waals surface area contributed by atoms with E-state index in [0.717, 1.165) is 6.42 Å². The molecule has 194 valence electrons. The molecule has 5 rings (SSSR count). The molecule has 37 heavy (non-hydrogen) atoms. The first-order chi connectivity index (χ1) is 18.2. The van der Waals surface area contributed by atoms with Gasteiger partial charge in [-0.15, -0.1) is 0 Å². The molecule has 0 atom stereocenters. The number of allylic oxidation sites excluding steroid dienone is 5. The Morgan fingerprint density at radius 1 is 0.649 bits per heavy atom. The number of benzene rings is 5. The molecule has 0 aliphatic heterocycles. The zero-order valence-corrected chi connectivity index (χ0v) is 24.3. The monoisotopic (exact) mass is 490 g/mol. The lowest BCUT2D eigenvalue weighted by Gasteiger charge is -2.11. The maximum atomic E-state index is 3.66. The Labute approximate surface area is 226 Å². The summed E-state index contributed by atoms with van der Waals surface area (Å²) in [6.45, 7) is 19.9. The fourth-order valence-electron chi connectivity index (χ4n) is 4.12. The van der Waals surface area contributed by atoms with E-state index in [1.54, 1.807) is 0 Å². The number of hydrogen-bond acceptors (Lipinski definition) is 0. The molecule has 5 aromatic rings. The third-order valence-corrected chi connectivity index (χ3v) is 5.70. The summed E-state index contributed by atoms with van der Waals surface area (Å²) < 4.78 is 0. The van der Waals surface area contributed by atoms with Crippen molar-refractivity contribution in [2.24, 2.45) is 0 Å². The Kier molecular flexibility index (Phi) is 15.0. The van der Waals surface area contributed by atoms with Gasteiger partial charge in [0, 0.05) is 0 Å². The van der Waals surface area contributed by atoms with E-state index in [4.69, 9.17) is 0 Å². The zero-order chi connectivity index (χ0) is 27.6. The SMILES string of the molecule is C=C/C=C(C)\C=C/Cc1ccccc1.CC.CC.CC.Cc1ccc2ccc3cccc4ccc1c2c34. The van der Waals surface area contributed by atoms with Crippen LogP contribution in [0.4, 0.5) is 0 Å². The molecule has 0 aliphatic carbocycles. The minimum atomic E-state index is 0.989. The fourth-order valence-corrected chi connectivity index (χ4v) is 4.12. The summed E-state index contributed by atoms with van der Waals surface area (Å²) in [6, 6.07) is 30.3. The molecule has 0 nitrogen and oxygen atoms in total. The van der Waals surface area contributed by atoms with Crippen molar-refractivity contribution in [1.82, 2.24) is 0 Å². The first-order valence-electron chi connectivity index (χ1n) is 13.8. The van der Waals surface area contributed by atoms with Crippen LogP contribution in [-0.2, 0) is 6.42 Å². The highest BCUT2D eigenvalue weighted by molar-refractivity contribution is 6.23. The molecule has 0 heterocycles. The van der Waals surface area contributed by atoms with Crippen molar-refractivity contribution in [3.05, 3.63) is 133 Å². The van der Waals surface area contributed by atoms with Crippen LogP contribution >= 0.6 is 0 Å². The topological polar surface area (TPSA) is 0 Å². The van der Waals surface area contributed by atoms with E-state index in [1.165, 1.54) is 49.0 Å². The second kappa shape index (κ2) is 17.7. The van der Waals surface area contributed by atoms with Crippen molar-refractivity contribution < 1.29 is 0 Å². The first-order valence-corrected chi connectivity index (χ1v) is 13.8. The first kappa shape index (κ1) is 31.4. The summed E-state index contributed by atoms with van der Waals surface area (Å²) in [5.74, 6) is 0. The molecule has 0 radical (unpaired) electrons. The summed E-state index contributed by atoms with van der Waals surface area (Å²) in [6.07, 6.45) is 9.09. The van der Waals surface area contributed by atoms with Gasteiger partial charge in [-0.2, -0.15) is 0 Å². The molecular weight excluding hydrogens is 444 g/mol. The van der Waals surface area contributed by atoms with Gasteiger partial charge in [-0.1, -0.05) is 163 Å². The van der Waals surface area contributed by atoms with Crippen LogP contribution in [0.25, 0.3) is 32.3 Å². The maximum Gasteiger partial charge on any atom is -0.00241 e. The van der Waals surface area contributed by atoms with Crippen molar-refractivity contribution in [3.63, 3.8) is 0 Å². The van der Waals surface area contributed by atoms with Crippen LogP contribution in [0.5, 0.6) is 0 Å².